The third kappa shape index (κ3) is 5.32. The molecule has 154 valence electrons. The molecule has 1 atom stereocenters. The van der Waals surface area contributed by atoms with Crippen molar-refractivity contribution in [3.05, 3.63) is 65.0 Å². The predicted octanol–water partition coefficient (Wildman–Crippen LogP) is 3.86. The molecular weight excluding hydrogens is 373 g/mol. The Balaban J connectivity index is 1.58. The molecule has 1 aliphatic rings. The number of hydrogen-bond donors (Lipinski definition) is 3. The van der Waals surface area contributed by atoms with Gasteiger partial charge in [-0.15, -0.1) is 0 Å². The maximum absolute atomic E-state index is 13.3. The molecule has 0 bridgehead atoms. The number of carbonyl (C=O) groups is 2. The van der Waals surface area contributed by atoms with Gasteiger partial charge in [0.2, 0.25) is 0 Å². The Kier molecular flexibility index (Phi) is 5.88. The van der Waals surface area contributed by atoms with Gasteiger partial charge >= 0.3 is 6.03 Å². The minimum Gasteiger partial charge on any atom is -0.371 e. The molecule has 0 spiro atoms. The van der Waals surface area contributed by atoms with E-state index in [1.807, 2.05) is 13.8 Å². The summed E-state index contributed by atoms with van der Waals surface area (Å²) in [5.41, 5.74) is 1.38. The molecule has 0 aliphatic carbocycles. The molecule has 6 nitrogen and oxygen atoms in total. The Labute approximate surface area is 169 Å². The number of urea groups is 1. The van der Waals surface area contributed by atoms with E-state index < -0.39 is 5.72 Å². The van der Waals surface area contributed by atoms with Crippen LogP contribution in [0.3, 0.4) is 0 Å². The van der Waals surface area contributed by atoms with Crippen molar-refractivity contribution in [2.45, 2.75) is 46.0 Å². The van der Waals surface area contributed by atoms with E-state index >= 15 is 0 Å². The van der Waals surface area contributed by atoms with Gasteiger partial charge in [-0.25, -0.2) is 9.18 Å². The van der Waals surface area contributed by atoms with Crippen LogP contribution in [0.25, 0.3) is 0 Å². The summed E-state index contributed by atoms with van der Waals surface area (Å²) in [5.74, 6) is -0.464. The van der Waals surface area contributed by atoms with Gasteiger partial charge in [0.05, 0.1) is 0 Å². The van der Waals surface area contributed by atoms with Gasteiger partial charge in [-0.05, 0) is 66.8 Å². The van der Waals surface area contributed by atoms with Crippen LogP contribution in [0.4, 0.5) is 14.9 Å². The van der Waals surface area contributed by atoms with Crippen LogP contribution < -0.4 is 10.6 Å². The molecule has 2 aromatic rings. The third-order valence-electron chi connectivity index (χ3n) is 4.76. The summed E-state index contributed by atoms with van der Waals surface area (Å²) in [5, 5.41) is 15.7. The fraction of sp³-hybridized carbons (Fsp3) is 0.364. The summed E-state index contributed by atoms with van der Waals surface area (Å²) < 4.78 is 13.3. The molecule has 3 amide bonds. The molecule has 1 heterocycles. The summed E-state index contributed by atoms with van der Waals surface area (Å²) in [6.45, 7) is 6.28. The minimum absolute atomic E-state index is 0.233. The van der Waals surface area contributed by atoms with E-state index in [2.05, 4.69) is 10.6 Å². The van der Waals surface area contributed by atoms with Gasteiger partial charge in [0, 0.05) is 24.3 Å². The van der Waals surface area contributed by atoms with Crippen LogP contribution in [0, 0.1) is 11.7 Å². The van der Waals surface area contributed by atoms with Crippen LogP contribution in [-0.4, -0.2) is 27.7 Å². The first-order chi connectivity index (χ1) is 13.6. The zero-order valence-corrected chi connectivity index (χ0v) is 16.8. The standard InChI is InChI=1S/C22H26FN3O3/c1-14(2)11-22(3,29)25-20(27)15-5-8-19(9-6-15)24-21(28)26-12-16-4-7-18(23)10-17(16)13-26/h4-10,14,29H,11-13H2,1-3H3,(H,24,28)(H,25,27)/t22-/m0/s1. The van der Waals surface area contributed by atoms with Crippen molar-refractivity contribution in [1.82, 2.24) is 10.2 Å². The summed E-state index contributed by atoms with van der Waals surface area (Å²) >= 11 is 0. The summed E-state index contributed by atoms with van der Waals surface area (Å²) in [7, 11) is 0. The van der Waals surface area contributed by atoms with Crippen LogP contribution >= 0.6 is 0 Å². The SMILES string of the molecule is CC(C)C[C@](C)(O)NC(=O)c1ccc(NC(=O)N2Cc3ccc(F)cc3C2)cc1. The van der Waals surface area contributed by atoms with E-state index in [1.54, 1.807) is 42.2 Å². The number of nitrogens with one attached hydrogen (secondary N) is 2. The average Bonchev–Trinajstić information content (AvgIpc) is 3.04. The largest absolute Gasteiger partial charge is 0.371 e. The minimum atomic E-state index is -1.29. The van der Waals surface area contributed by atoms with Gasteiger partial charge in [0.25, 0.3) is 5.91 Å². The van der Waals surface area contributed by atoms with Crippen molar-refractivity contribution in [2.75, 3.05) is 5.32 Å². The molecule has 7 heteroatoms. The number of aliphatic hydroxyl groups is 1. The Morgan fingerprint density at radius 3 is 2.45 bits per heavy atom. The number of fused-ring (bicyclic) bond motifs is 1. The third-order valence-corrected chi connectivity index (χ3v) is 4.76. The number of halogens is 1. The highest BCUT2D eigenvalue weighted by Crippen LogP contribution is 2.24. The van der Waals surface area contributed by atoms with Crippen molar-refractivity contribution in [2.24, 2.45) is 5.92 Å². The average molecular weight is 399 g/mol. The first-order valence-corrected chi connectivity index (χ1v) is 9.61. The Bertz CT molecular complexity index is 910. The van der Waals surface area contributed by atoms with E-state index in [0.717, 1.165) is 11.1 Å². The number of anilines is 1. The van der Waals surface area contributed by atoms with Crippen LogP contribution in [-0.2, 0) is 13.1 Å². The lowest BCUT2D eigenvalue weighted by molar-refractivity contribution is 0.00701. The van der Waals surface area contributed by atoms with E-state index in [-0.39, 0.29) is 23.7 Å². The monoisotopic (exact) mass is 399 g/mol. The Hall–Kier alpha value is -2.93. The van der Waals surface area contributed by atoms with Crippen LogP contribution in [0.5, 0.6) is 0 Å². The molecule has 0 radical (unpaired) electrons. The van der Waals surface area contributed by atoms with Crippen LogP contribution in [0.15, 0.2) is 42.5 Å². The molecule has 0 aromatic heterocycles. The van der Waals surface area contributed by atoms with Crippen molar-refractivity contribution in [3.63, 3.8) is 0 Å². The highest BCUT2D eigenvalue weighted by molar-refractivity contribution is 5.96. The zero-order valence-electron chi connectivity index (χ0n) is 16.8. The van der Waals surface area contributed by atoms with Crippen molar-refractivity contribution < 1.29 is 19.1 Å². The number of carbonyl (C=O) groups excluding carboxylic acids is 2. The molecule has 1 aliphatic heterocycles. The Morgan fingerprint density at radius 2 is 1.79 bits per heavy atom. The lowest BCUT2D eigenvalue weighted by Gasteiger charge is -2.26. The maximum atomic E-state index is 13.3. The lowest BCUT2D eigenvalue weighted by Crippen LogP contribution is -2.46. The van der Waals surface area contributed by atoms with E-state index in [4.69, 9.17) is 0 Å². The number of nitrogens with zero attached hydrogens (tertiary/aromatic N) is 1. The second-order valence-electron chi connectivity index (χ2n) is 8.10. The molecule has 29 heavy (non-hydrogen) atoms. The molecule has 3 rings (SSSR count). The van der Waals surface area contributed by atoms with Gasteiger partial charge in [0.1, 0.15) is 11.5 Å². The predicted molar refractivity (Wildman–Crippen MR) is 109 cm³/mol. The topological polar surface area (TPSA) is 81.7 Å². The smallest absolute Gasteiger partial charge is 0.322 e. The van der Waals surface area contributed by atoms with Gasteiger partial charge in [-0.1, -0.05) is 19.9 Å². The summed E-state index contributed by atoms with van der Waals surface area (Å²) in [6, 6.07) is 10.7. The van der Waals surface area contributed by atoms with Gasteiger partial charge in [-0.2, -0.15) is 0 Å². The van der Waals surface area contributed by atoms with Gasteiger partial charge < -0.3 is 20.6 Å². The van der Waals surface area contributed by atoms with E-state index in [1.165, 1.54) is 12.1 Å². The first kappa shape index (κ1) is 20.8. The fourth-order valence-corrected chi connectivity index (χ4v) is 3.58. The molecule has 0 saturated carbocycles. The molecule has 0 unspecified atom stereocenters. The quantitative estimate of drug-likeness (QED) is 0.668. The van der Waals surface area contributed by atoms with E-state index in [9.17, 15) is 19.1 Å². The maximum Gasteiger partial charge on any atom is 0.322 e. The molecule has 0 saturated heterocycles. The second-order valence-corrected chi connectivity index (χ2v) is 8.10. The normalized spacial score (nSPS) is 15.0. The van der Waals surface area contributed by atoms with Crippen molar-refractivity contribution in [3.8, 4) is 0 Å². The first-order valence-electron chi connectivity index (χ1n) is 9.61. The lowest BCUT2D eigenvalue weighted by atomic mass is 10.0. The number of amides is 3. The molecule has 3 N–H and O–H groups in total. The number of rotatable bonds is 5. The van der Waals surface area contributed by atoms with Crippen LogP contribution in [0.2, 0.25) is 0 Å². The molecule has 0 fully saturated rings. The number of hydrogen-bond acceptors (Lipinski definition) is 3. The zero-order chi connectivity index (χ0) is 21.2. The summed E-state index contributed by atoms with van der Waals surface area (Å²) in [6.07, 6.45) is 0.439. The van der Waals surface area contributed by atoms with Crippen molar-refractivity contribution >= 4 is 17.6 Å². The Morgan fingerprint density at radius 1 is 1.14 bits per heavy atom. The second kappa shape index (κ2) is 8.21. The van der Waals surface area contributed by atoms with Crippen molar-refractivity contribution in [1.29, 1.82) is 0 Å². The highest BCUT2D eigenvalue weighted by Gasteiger charge is 2.25. The van der Waals surface area contributed by atoms with Gasteiger partial charge in [-0.3, -0.25) is 4.79 Å². The van der Waals surface area contributed by atoms with Crippen LogP contribution in [0.1, 0.15) is 48.7 Å². The fourth-order valence-electron chi connectivity index (χ4n) is 3.58. The summed E-state index contributed by atoms with van der Waals surface area (Å²) in [4.78, 5) is 26.4. The molecular formula is C22H26FN3O3. The molecule has 2 aromatic carbocycles. The van der Waals surface area contributed by atoms with E-state index in [0.29, 0.717) is 30.8 Å². The highest BCUT2D eigenvalue weighted by atomic mass is 19.1. The van der Waals surface area contributed by atoms with Gasteiger partial charge in [0.15, 0.2) is 0 Å². The number of benzene rings is 2.